The summed E-state index contributed by atoms with van der Waals surface area (Å²) in [4.78, 5) is 34.3. The maximum absolute atomic E-state index is 12.6. The molecule has 0 radical (unpaired) electrons. The minimum Gasteiger partial charge on any atom is -0.611 e. The van der Waals surface area contributed by atoms with Gasteiger partial charge in [0.05, 0.1) is 26.1 Å². The minimum absolute atomic E-state index is 0.224. The monoisotopic (exact) mass is 518 g/mol. The van der Waals surface area contributed by atoms with Crippen molar-refractivity contribution in [3.63, 3.8) is 0 Å². The summed E-state index contributed by atoms with van der Waals surface area (Å²) < 4.78 is 21.7. The third kappa shape index (κ3) is 5.84. The Morgan fingerprint density at radius 3 is 2.39 bits per heavy atom. The average Bonchev–Trinajstić information content (AvgIpc) is 3.30. The molecule has 0 aliphatic carbocycles. The van der Waals surface area contributed by atoms with Crippen LogP contribution in [0.5, 0.6) is 5.75 Å². The lowest BCUT2D eigenvalue weighted by atomic mass is 10.2. The third-order valence-electron chi connectivity index (χ3n) is 6.68. The number of fused-ring (bicyclic) bond motifs is 1. The van der Waals surface area contributed by atoms with Crippen molar-refractivity contribution >= 4 is 22.3 Å². The molecule has 0 saturated carbocycles. The van der Waals surface area contributed by atoms with Crippen LogP contribution in [-0.4, -0.2) is 96.4 Å². The van der Waals surface area contributed by atoms with Gasteiger partial charge in [-0.05, 0) is 35.4 Å². The van der Waals surface area contributed by atoms with Gasteiger partial charge in [-0.15, -0.1) is 0 Å². The van der Waals surface area contributed by atoms with Gasteiger partial charge in [0.15, 0.2) is 16.1 Å². The van der Waals surface area contributed by atoms with Gasteiger partial charge in [-0.1, -0.05) is 0 Å². The van der Waals surface area contributed by atoms with Crippen molar-refractivity contribution in [1.29, 1.82) is 0 Å². The standard InChI is InChI=1S/C24H34N6O5S/c1-26-22-21(23(32)27(2)24(26)33)30(17-25-22)16-18(31)15-29-12-10-28(11-13-29)9-4-14-36(34)20-7-5-19(35-3)6-8-20/h5-8,17-18,31H,4,9-16H2,1-3H3. The molecule has 2 unspecified atom stereocenters. The first-order valence-electron chi connectivity index (χ1n) is 12.0. The van der Waals surface area contributed by atoms with Crippen LogP contribution in [0.25, 0.3) is 11.2 Å². The summed E-state index contributed by atoms with van der Waals surface area (Å²) in [7, 11) is 4.63. The summed E-state index contributed by atoms with van der Waals surface area (Å²) >= 11 is -1.02. The van der Waals surface area contributed by atoms with Crippen LogP contribution in [-0.2, 0) is 31.8 Å². The van der Waals surface area contributed by atoms with Gasteiger partial charge in [-0.2, -0.15) is 0 Å². The van der Waals surface area contributed by atoms with E-state index in [1.165, 1.54) is 17.9 Å². The number of β-amino-alcohol motifs (C(OH)–C–C–N with tert-alkyl or cyclic N) is 1. The van der Waals surface area contributed by atoms with Crippen molar-refractivity contribution in [1.82, 2.24) is 28.5 Å². The number of hydrogen-bond donors (Lipinski definition) is 1. The van der Waals surface area contributed by atoms with Crippen LogP contribution in [0.4, 0.5) is 0 Å². The van der Waals surface area contributed by atoms with Crippen molar-refractivity contribution in [2.24, 2.45) is 14.1 Å². The SMILES string of the molecule is COc1ccc([S+]([O-])CCCN2CCN(CC(O)Cn3cnc4c3c(=O)n(C)c(=O)n4C)CC2)cc1. The van der Waals surface area contributed by atoms with Crippen LogP contribution in [0.2, 0.25) is 0 Å². The first-order chi connectivity index (χ1) is 17.3. The molecule has 1 aromatic carbocycles. The molecule has 11 nitrogen and oxygen atoms in total. The molecule has 3 heterocycles. The Morgan fingerprint density at radius 2 is 1.72 bits per heavy atom. The van der Waals surface area contributed by atoms with E-state index in [4.69, 9.17) is 4.74 Å². The number of aliphatic hydroxyl groups excluding tert-OH is 1. The summed E-state index contributed by atoms with van der Waals surface area (Å²) in [5.41, 5.74) is -0.213. The quantitative estimate of drug-likeness (QED) is 0.361. The molecule has 0 bridgehead atoms. The summed E-state index contributed by atoms with van der Waals surface area (Å²) in [5.74, 6) is 1.38. The Kier molecular flexibility index (Phi) is 8.52. The molecule has 2 aromatic heterocycles. The molecule has 0 spiro atoms. The molecule has 2 atom stereocenters. The highest BCUT2D eigenvalue weighted by Crippen LogP contribution is 2.17. The summed E-state index contributed by atoms with van der Waals surface area (Å²) in [6, 6.07) is 7.37. The number of imidazole rings is 1. The number of methoxy groups -OCH3 is 1. The smallest absolute Gasteiger partial charge is 0.332 e. The topological polar surface area (TPSA) is 121 Å². The van der Waals surface area contributed by atoms with Crippen LogP contribution in [0.1, 0.15) is 6.42 Å². The lowest BCUT2D eigenvalue weighted by Crippen LogP contribution is -2.49. The zero-order chi connectivity index (χ0) is 25.8. The lowest BCUT2D eigenvalue weighted by Gasteiger charge is -2.35. The number of benzene rings is 1. The average molecular weight is 519 g/mol. The molecule has 0 amide bonds. The molecular formula is C24H34N6O5S. The van der Waals surface area contributed by atoms with E-state index in [0.717, 1.165) is 54.4 Å². The van der Waals surface area contributed by atoms with Gasteiger partial charge in [0.2, 0.25) is 0 Å². The van der Waals surface area contributed by atoms with Crippen LogP contribution in [0, 0.1) is 0 Å². The van der Waals surface area contributed by atoms with Crippen LogP contribution < -0.4 is 16.0 Å². The van der Waals surface area contributed by atoms with Crippen LogP contribution >= 0.6 is 0 Å². The second-order valence-electron chi connectivity index (χ2n) is 9.15. The second-order valence-corrected chi connectivity index (χ2v) is 10.7. The lowest BCUT2D eigenvalue weighted by molar-refractivity contribution is 0.0650. The molecule has 1 fully saturated rings. The van der Waals surface area contributed by atoms with E-state index in [-0.39, 0.29) is 6.54 Å². The highest BCUT2D eigenvalue weighted by atomic mass is 32.2. The van der Waals surface area contributed by atoms with Crippen molar-refractivity contribution < 1.29 is 14.4 Å². The van der Waals surface area contributed by atoms with Gasteiger partial charge in [0.1, 0.15) is 11.5 Å². The molecule has 196 valence electrons. The first-order valence-corrected chi connectivity index (χ1v) is 13.4. The van der Waals surface area contributed by atoms with Gasteiger partial charge < -0.3 is 23.9 Å². The van der Waals surface area contributed by atoms with E-state index in [0.29, 0.717) is 23.5 Å². The van der Waals surface area contributed by atoms with E-state index in [2.05, 4.69) is 14.8 Å². The number of piperazine rings is 1. The van der Waals surface area contributed by atoms with Gasteiger partial charge >= 0.3 is 5.69 Å². The normalized spacial score (nSPS) is 16.9. The zero-order valence-corrected chi connectivity index (χ0v) is 21.8. The maximum Gasteiger partial charge on any atom is 0.332 e. The molecule has 1 aliphatic rings. The van der Waals surface area contributed by atoms with Gasteiger partial charge in [-0.3, -0.25) is 18.8 Å². The van der Waals surface area contributed by atoms with E-state index >= 15 is 0 Å². The van der Waals surface area contributed by atoms with Crippen LogP contribution in [0.15, 0.2) is 45.1 Å². The fourth-order valence-electron chi connectivity index (χ4n) is 4.58. The fraction of sp³-hybridized carbons (Fsp3) is 0.542. The Balaban J connectivity index is 1.22. The third-order valence-corrected chi connectivity index (χ3v) is 8.14. The molecule has 12 heteroatoms. The van der Waals surface area contributed by atoms with Gasteiger partial charge in [-0.25, -0.2) is 9.78 Å². The number of nitrogens with zero attached hydrogens (tertiary/aromatic N) is 6. The fourth-order valence-corrected chi connectivity index (χ4v) is 5.64. The maximum atomic E-state index is 12.6. The number of aromatic nitrogens is 4. The second kappa shape index (κ2) is 11.6. The molecule has 1 aliphatic heterocycles. The molecular weight excluding hydrogens is 484 g/mol. The summed E-state index contributed by atoms with van der Waals surface area (Å²) in [6.45, 7) is 5.04. The summed E-state index contributed by atoms with van der Waals surface area (Å²) in [6.07, 6.45) is 1.68. The predicted octanol–water partition coefficient (Wildman–Crippen LogP) is -0.381. The Labute approximate surface area is 212 Å². The number of rotatable bonds is 10. The molecule has 36 heavy (non-hydrogen) atoms. The first kappa shape index (κ1) is 26.4. The van der Waals surface area contributed by atoms with Gasteiger partial charge in [0, 0.05) is 59.8 Å². The van der Waals surface area contributed by atoms with Gasteiger partial charge in [0.25, 0.3) is 5.56 Å². The zero-order valence-electron chi connectivity index (χ0n) is 21.0. The van der Waals surface area contributed by atoms with E-state index in [1.807, 2.05) is 24.3 Å². The van der Waals surface area contributed by atoms with E-state index in [9.17, 15) is 19.2 Å². The number of aryl methyl sites for hydroxylation is 1. The van der Waals surface area contributed by atoms with Crippen molar-refractivity contribution in [2.75, 3.05) is 52.1 Å². The van der Waals surface area contributed by atoms with Crippen LogP contribution in [0.3, 0.4) is 0 Å². The highest BCUT2D eigenvalue weighted by Gasteiger charge is 2.22. The summed E-state index contributed by atoms with van der Waals surface area (Å²) in [5, 5.41) is 10.7. The van der Waals surface area contributed by atoms with Crippen molar-refractivity contribution in [3.05, 3.63) is 51.4 Å². The Hall–Kier alpha value is -2.64. The molecule has 3 aromatic rings. The highest BCUT2D eigenvalue weighted by molar-refractivity contribution is 7.91. The van der Waals surface area contributed by atoms with Crippen molar-refractivity contribution in [2.45, 2.75) is 24.0 Å². The largest absolute Gasteiger partial charge is 0.611 e. The van der Waals surface area contributed by atoms with Crippen molar-refractivity contribution in [3.8, 4) is 5.75 Å². The Bertz CT molecular complexity index is 1280. The van der Waals surface area contributed by atoms with E-state index in [1.54, 1.807) is 18.7 Å². The predicted molar refractivity (Wildman–Crippen MR) is 138 cm³/mol. The van der Waals surface area contributed by atoms with E-state index < -0.39 is 28.5 Å². The Morgan fingerprint density at radius 1 is 1.06 bits per heavy atom. The number of hydrogen-bond acceptors (Lipinski definition) is 8. The molecule has 4 rings (SSSR count). The molecule has 1 saturated heterocycles. The molecule has 1 N–H and O–H groups in total. The minimum atomic E-state index is -1.02. The number of aliphatic hydroxyl groups is 1. The number of ether oxygens (including phenoxy) is 1.